The molecule has 2 fully saturated rings. The Morgan fingerprint density at radius 2 is 1.85 bits per heavy atom. The van der Waals surface area contributed by atoms with E-state index in [1.165, 1.54) is 6.42 Å². The lowest BCUT2D eigenvalue weighted by Gasteiger charge is -2.17. The van der Waals surface area contributed by atoms with Crippen LogP contribution < -0.4 is 4.90 Å². The van der Waals surface area contributed by atoms with E-state index in [-0.39, 0.29) is 5.91 Å². The van der Waals surface area contributed by atoms with E-state index in [4.69, 9.17) is 0 Å². The van der Waals surface area contributed by atoms with Gasteiger partial charge >= 0.3 is 0 Å². The van der Waals surface area contributed by atoms with Gasteiger partial charge in [0.05, 0.1) is 5.39 Å². The van der Waals surface area contributed by atoms with Crippen LogP contribution in [0.25, 0.3) is 11.0 Å². The third-order valence-electron chi connectivity index (χ3n) is 5.04. The predicted molar refractivity (Wildman–Crippen MR) is 102 cm³/mol. The molecule has 1 aromatic carbocycles. The van der Waals surface area contributed by atoms with Crippen LogP contribution >= 0.6 is 0 Å². The SMILES string of the molecule is CN(C)c1ncnc2[nH]ccc12.O=C(c1ccccc1)N1CC2CC2C1. The highest BCUT2D eigenvalue weighted by molar-refractivity contribution is 5.94. The number of piperidine rings is 1. The van der Waals surface area contributed by atoms with Gasteiger partial charge in [0.15, 0.2) is 0 Å². The molecule has 1 N–H and O–H groups in total. The van der Waals surface area contributed by atoms with E-state index in [2.05, 4.69) is 15.0 Å². The summed E-state index contributed by atoms with van der Waals surface area (Å²) >= 11 is 0. The Hall–Kier alpha value is -2.89. The minimum absolute atomic E-state index is 0.206. The number of carbonyl (C=O) groups excluding carboxylic acids is 1. The number of nitrogens with one attached hydrogen (secondary N) is 1. The molecule has 5 rings (SSSR count). The van der Waals surface area contributed by atoms with Crippen molar-refractivity contribution in [2.24, 2.45) is 11.8 Å². The van der Waals surface area contributed by atoms with Crippen molar-refractivity contribution in [3.63, 3.8) is 0 Å². The first-order valence-corrected chi connectivity index (χ1v) is 8.93. The fraction of sp³-hybridized carbons (Fsp3) is 0.350. The molecule has 3 heterocycles. The number of nitrogens with zero attached hydrogens (tertiary/aromatic N) is 4. The number of fused-ring (bicyclic) bond motifs is 2. The highest BCUT2D eigenvalue weighted by Crippen LogP contribution is 2.45. The molecule has 1 aliphatic heterocycles. The lowest BCUT2D eigenvalue weighted by molar-refractivity contribution is 0.0775. The molecule has 2 aliphatic rings. The lowest BCUT2D eigenvalue weighted by atomic mass is 10.2. The minimum atomic E-state index is 0.206. The van der Waals surface area contributed by atoms with Crippen LogP contribution in [0.2, 0.25) is 0 Å². The molecule has 2 atom stereocenters. The second-order valence-electron chi connectivity index (χ2n) is 7.16. The third kappa shape index (κ3) is 3.27. The van der Waals surface area contributed by atoms with Gasteiger partial charge in [-0.1, -0.05) is 18.2 Å². The third-order valence-corrected chi connectivity index (χ3v) is 5.04. The molecule has 6 heteroatoms. The highest BCUT2D eigenvalue weighted by Gasteiger charge is 2.46. The topological polar surface area (TPSA) is 65.1 Å². The summed E-state index contributed by atoms with van der Waals surface area (Å²) in [6.45, 7) is 1.97. The predicted octanol–water partition coefficient (Wildman–Crippen LogP) is 2.80. The smallest absolute Gasteiger partial charge is 0.253 e. The zero-order valence-electron chi connectivity index (χ0n) is 15.1. The second kappa shape index (κ2) is 6.78. The van der Waals surface area contributed by atoms with Crippen molar-refractivity contribution in [2.45, 2.75) is 6.42 Å². The second-order valence-corrected chi connectivity index (χ2v) is 7.16. The number of rotatable bonds is 2. The molecule has 26 heavy (non-hydrogen) atoms. The van der Waals surface area contributed by atoms with E-state index in [9.17, 15) is 4.79 Å². The largest absolute Gasteiger partial charge is 0.362 e. The van der Waals surface area contributed by atoms with Gasteiger partial charge in [0.1, 0.15) is 17.8 Å². The number of carbonyl (C=O) groups is 1. The molecular weight excluding hydrogens is 326 g/mol. The fourth-order valence-corrected chi connectivity index (χ4v) is 3.54. The van der Waals surface area contributed by atoms with Gasteiger partial charge in [-0.25, -0.2) is 9.97 Å². The van der Waals surface area contributed by atoms with Crippen LogP contribution in [-0.2, 0) is 0 Å². The Kier molecular flexibility index (Phi) is 4.32. The van der Waals surface area contributed by atoms with E-state index >= 15 is 0 Å². The Morgan fingerprint density at radius 1 is 1.12 bits per heavy atom. The van der Waals surface area contributed by atoms with Crippen molar-refractivity contribution in [1.82, 2.24) is 19.9 Å². The van der Waals surface area contributed by atoms with Gasteiger partial charge in [-0.3, -0.25) is 4.79 Å². The molecule has 1 saturated heterocycles. The zero-order chi connectivity index (χ0) is 18.1. The highest BCUT2D eigenvalue weighted by atomic mass is 16.2. The van der Waals surface area contributed by atoms with Gasteiger partial charge in [0.25, 0.3) is 5.91 Å². The Labute approximate surface area is 152 Å². The van der Waals surface area contributed by atoms with Crippen molar-refractivity contribution in [2.75, 3.05) is 32.1 Å². The van der Waals surface area contributed by atoms with Gasteiger partial charge in [0.2, 0.25) is 0 Å². The molecule has 2 unspecified atom stereocenters. The van der Waals surface area contributed by atoms with Gasteiger partial charge in [0, 0.05) is 38.9 Å². The molecule has 6 nitrogen and oxygen atoms in total. The van der Waals surface area contributed by atoms with Gasteiger partial charge in [-0.2, -0.15) is 0 Å². The number of amides is 1. The summed E-state index contributed by atoms with van der Waals surface area (Å²) in [5.41, 5.74) is 1.71. The van der Waals surface area contributed by atoms with Crippen LogP contribution in [0.15, 0.2) is 48.9 Å². The first-order valence-electron chi connectivity index (χ1n) is 8.93. The van der Waals surface area contributed by atoms with Crippen LogP contribution in [0.5, 0.6) is 0 Å². The molecule has 0 bridgehead atoms. The summed E-state index contributed by atoms with van der Waals surface area (Å²) in [4.78, 5) is 27.2. The molecule has 1 amide bonds. The van der Waals surface area contributed by atoms with Crippen LogP contribution in [-0.4, -0.2) is 52.9 Å². The van der Waals surface area contributed by atoms with E-state index < -0.39 is 0 Å². The van der Waals surface area contributed by atoms with Gasteiger partial charge in [-0.05, 0) is 36.5 Å². The fourth-order valence-electron chi connectivity index (χ4n) is 3.54. The number of anilines is 1. The molecule has 0 spiro atoms. The van der Waals surface area contributed by atoms with Crippen LogP contribution in [0, 0.1) is 11.8 Å². The summed E-state index contributed by atoms with van der Waals surface area (Å²) in [5, 5.41) is 1.06. The number of hydrogen-bond acceptors (Lipinski definition) is 4. The summed E-state index contributed by atoms with van der Waals surface area (Å²) < 4.78 is 0. The number of aromatic amines is 1. The summed E-state index contributed by atoms with van der Waals surface area (Å²) in [6.07, 6.45) is 4.78. The summed E-state index contributed by atoms with van der Waals surface area (Å²) in [7, 11) is 3.93. The molecule has 2 aromatic heterocycles. The van der Waals surface area contributed by atoms with Gasteiger partial charge in [-0.15, -0.1) is 0 Å². The Balaban J connectivity index is 0.000000131. The molecule has 134 valence electrons. The Morgan fingerprint density at radius 3 is 2.54 bits per heavy atom. The van der Waals surface area contributed by atoms with Crippen molar-refractivity contribution in [1.29, 1.82) is 0 Å². The normalized spacial score (nSPS) is 20.3. The number of likely N-dealkylation sites (tertiary alicyclic amines) is 1. The lowest BCUT2D eigenvalue weighted by Crippen LogP contribution is -2.30. The summed E-state index contributed by atoms with van der Waals surface area (Å²) in [6, 6.07) is 11.6. The van der Waals surface area contributed by atoms with Crippen molar-refractivity contribution >= 4 is 22.8 Å². The maximum atomic E-state index is 11.9. The molecule has 0 radical (unpaired) electrons. The average molecular weight is 349 g/mol. The maximum Gasteiger partial charge on any atom is 0.253 e. The van der Waals surface area contributed by atoms with Crippen molar-refractivity contribution in [3.8, 4) is 0 Å². The summed E-state index contributed by atoms with van der Waals surface area (Å²) in [5.74, 6) is 2.80. The van der Waals surface area contributed by atoms with Gasteiger partial charge < -0.3 is 14.8 Å². The van der Waals surface area contributed by atoms with E-state index in [0.29, 0.717) is 0 Å². The molecule has 1 aliphatic carbocycles. The first kappa shape index (κ1) is 16.6. The van der Waals surface area contributed by atoms with Crippen LogP contribution in [0.3, 0.4) is 0 Å². The molecule has 1 saturated carbocycles. The van der Waals surface area contributed by atoms with Crippen molar-refractivity contribution in [3.05, 3.63) is 54.5 Å². The number of H-pyrrole nitrogens is 1. The standard InChI is InChI=1S/C12H13NO.C8H10N4/c14-12(9-4-2-1-3-5-9)13-7-10-6-11(10)8-13;1-12(2)8-6-3-4-9-7(6)10-5-11-8/h1-5,10-11H,6-8H2;3-5H,1-2H3,(H,9,10,11). The molecular formula is C20H23N5O. The number of benzene rings is 1. The van der Waals surface area contributed by atoms with E-state index in [1.54, 1.807) is 6.33 Å². The van der Waals surface area contributed by atoms with Crippen LogP contribution in [0.1, 0.15) is 16.8 Å². The quantitative estimate of drug-likeness (QED) is 0.773. The molecule has 3 aromatic rings. The van der Waals surface area contributed by atoms with E-state index in [0.717, 1.165) is 47.3 Å². The maximum absolute atomic E-state index is 11.9. The van der Waals surface area contributed by atoms with Crippen LogP contribution in [0.4, 0.5) is 5.82 Å². The zero-order valence-corrected chi connectivity index (χ0v) is 15.1. The monoisotopic (exact) mass is 349 g/mol. The number of hydrogen-bond donors (Lipinski definition) is 1. The minimum Gasteiger partial charge on any atom is -0.362 e. The van der Waals surface area contributed by atoms with Crippen molar-refractivity contribution < 1.29 is 4.79 Å². The number of aromatic nitrogens is 3. The van der Waals surface area contributed by atoms with E-state index in [1.807, 2.05) is 66.5 Å². The first-order chi connectivity index (χ1) is 12.6. The Bertz CT molecular complexity index is 895. The average Bonchev–Trinajstić information content (AvgIpc) is 3.08.